The van der Waals surface area contributed by atoms with Gasteiger partial charge in [-0.1, -0.05) is 99.6 Å². The SMILES string of the molecule is Cc1c(O[Si](c2ccccc2)(c2ccccc2)C(C)(C)C)cc(C(=O)COc2ccccc2)c2c1OCO2. The Labute approximate surface area is 225 Å². The molecule has 0 spiro atoms. The molecule has 0 amide bonds. The van der Waals surface area contributed by atoms with E-state index in [0.717, 1.165) is 15.9 Å². The molecule has 0 aromatic heterocycles. The van der Waals surface area contributed by atoms with Crippen LogP contribution in [0.25, 0.3) is 0 Å². The lowest BCUT2D eigenvalue weighted by atomic mass is 10.1. The molecule has 0 unspecified atom stereocenters. The molecule has 38 heavy (non-hydrogen) atoms. The van der Waals surface area contributed by atoms with Crippen LogP contribution in [0.5, 0.6) is 23.0 Å². The third-order valence-corrected chi connectivity index (χ3v) is 11.9. The second-order valence-electron chi connectivity index (χ2n) is 10.4. The summed E-state index contributed by atoms with van der Waals surface area (Å²) in [4.78, 5) is 13.4. The van der Waals surface area contributed by atoms with Gasteiger partial charge in [0.1, 0.15) is 11.5 Å². The quantitative estimate of drug-likeness (QED) is 0.211. The van der Waals surface area contributed by atoms with Crippen LogP contribution in [0.1, 0.15) is 36.7 Å². The number of Topliss-reactive ketones (excluding diaryl/α,β-unsaturated/α-hetero) is 1. The highest BCUT2D eigenvalue weighted by molar-refractivity contribution is 7.00. The Hall–Kier alpha value is -4.03. The zero-order chi connectivity index (χ0) is 26.8. The zero-order valence-electron chi connectivity index (χ0n) is 22.2. The van der Waals surface area contributed by atoms with Crippen LogP contribution < -0.4 is 29.0 Å². The van der Waals surface area contributed by atoms with Crippen LogP contribution in [0.3, 0.4) is 0 Å². The minimum Gasteiger partial charge on any atom is -0.534 e. The Balaban J connectivity index is 1.62. The van der Waals surface area contributed by atoms with E-state index < -0.39 is 8.32 Å². The zero-order valence-corrected chi connectivity index (χ0v) is 23.2. The Morgan fingerprint density at radius 3 is 1.89 bits per heavy atom. The number of para-hydroxylation sites is 1. The number of ketones is 1. The molecule has 0 saturated carbocycles. The van der Waals surface area contributed by atoms with Gasteiger partial charge in [0.15, 0.2) is 18.1 Å². The van der Waals surface area contributed by atoms with Crippen LogP contribution in [0.15, 0.2) is 97.1 Å². The number of ether oxygens (including phenoxy) is 3. The third kappa shape index (κ3) is 4.68. The molecule has 4 aromatic carbocycles. The molecular weight excluding hydrogens is 492 g/mol. The second kappa shape index (κ2) is 10.4. The summed E-state index contributed by atoms with van der Waals surface area (Å²) in [6.45, 7) is 8.56. The van der Waals surface area contributed by atoms with Crippen molar-refractivity contribution in [3.8, 4) is 23.0 Å². The Bertz CT molecular complexity index is 1370. The van der Waals surface area contributed by atoms with Crippen molar-refractivity contribution in [3.05, 3.63) is 108 Å². The molecular formula is C32H32O5Si. The van der Waals surface area contributed by atoms with Crippen molar-refractivity contribution in [2.75, 3.05) is 13.4 Å². The highest BCUT2D eigenvalue weighted by Crippen LogP contribution is 2.46. The average molecular weight is 525 g/mol. The van der Waals surface area contributed by atoms with Gasteiger partial charge in [-0.2, -0.15) is 0 Å². The maximum atomic E-state index is 13.4. The average Bonchev–Trinajstić information content (AvgIpc) is 3.43. The van der Waals surface area contributed by atoms with Crippen molar-refractivity contribution in [1.29, 1.82) is 0 Å². The smallest absolute Gasteiger partial charge is 0.319 e. The van der Waals surface area contributed by atoms with E-state index in [0.29, 0.717) is 28.6 Å². The third-order valence-electron chi connectivity index (χ3n) is 6.94. The lowest BCUT2D eigenvalue weighted by Crippen LogP contribution is -2.68. The fourth-order valence-electron chi connectivity index (χ4n) is 5.04. The van der Waals surface area contributed by atoms with Gasteiger partial charge in [-0.15, -0.1) is 0 Å². The van der Waals surface area contributed by atoms with Gasteiger partial charge >= 0.3 is 8.32 Å². The summed E-state index contributed by atoms with van der Waals surface area (Å²) < 4.78 is 24.6. The molecule has 0 atom stereocenters. The van der Waals surface area contributed by atoms with Crippen LogP contribution in [0.4, 0.5) is 0 Å². The number of rotatable bonds is 8. The van der Waals surface area contributed by atoms with Crippen LogP contribution >= 0.6 is 0 Å². The Morgan fingerprint density at radius 1 is 0.816 bits per heavy atom. The van der Waals surface area contributed by atoms with Gasteiger partial charge in [0.05, 0.1) is 5.56 Å². The first-order valence-corrected chi connectivity index (χ1v) is 14.7. The van der Waals surface area contributed by atoms with Crippen LogP contribution in [-0.2, 0) is 0 Å². The van der Waals surface area contributed by atoms with Crippen molar-refractivity contribution >= 4 is 24.5 Å². The first-order chi connectivity index (χ1) is 18.3. The lowest BCUT2D eigenvalue weighted by molar-refractivity contribution is 0.0916. The van der Waals surface area contributed by atoms with Gasteiger partial charge in [0.2, 0.25) is 12.6 Å². The van der Waals surface area contributed by atoms with Crippen LogP contribution in [0, 0.1) is 6.92 Å². The van der Waals surface area contributed by atoms with Crippen molar-refractivity contribution in [3.63, 3.8) is 0 Å². The number of fused-ring (bicyclic) bond motifs is 1. The van der Waals surface area contributed by atoms with E-state index in [1.54, 1.807) is 6.07 Å². The van der Waals surface area contributed by atoms with E-state index >= 15 is 0 Å². The van der Waals surface area contributed by atoms with Gasteiger partial charge in [0, 0.05) is 5.56 Å². The van der Waals surface area contributed by atoms with E-state index in [1.807, 2.05) is 49.4 Å². The predicted molar refractivity (Wildman–Crippen MR) is 152 cm³/mol. The number of benzene rings is 4. The van der Waals surface area contributed by atoms with E-state index in [4.69, 9.17) is 18.6 Å². The molecule has 0 radical (unpaired) electrons. The van der Waals surface area contributed by atoms with Gasteiger partial charge in [0.25, 0.3) is 0 Å². The molecule has 0 saturated heterocycles. The standard InChI is InChI=1S/C32H32O5Si/c1-23-29(20-27(31-30(23)35-22-36-31)28(33)21-34-24-14-8-5-9-15-24)37-38(32(2,3)4,25-16-10-6-11-17-25)26-18-12-7-13-19-26/h5-20H,21-22H2,1-4H3. The molecule has 0 N–H and O–H groups in total. The Kier molecular flexibility index (Phi) is 7.00. The van der Waals surface area contributed by atoms with Crippen molar-refractivity contribution in [1.82, 2.24) is 0 Å². The predicted octanol–water partition coefficient (Wildman–Crippen LogP) is 5.92. The molecule has 6 heteroatoms. The lowest BCUT2D eigenvalue weighted by Gasteiger charge is -2.43. The molecule has 0 aliphatic carbocycles. The van der Waals surface area contributed by atoms with Crippen molar-refractivity contribution in [2.45, 2.75) is 32.7 Å². The largest absolute Gasteiger partial charge is 0.534 e. The Morgan fingerprint density at radius 2 is 1.34 bits per heavy atom. The van der Waals surface area contributed by atoms with E-state index in [2.05, 4.69) is 69.3 Å². The van der Waals surface area contributed by atoms with Crippen LogP contribution in [-0.4, -0.2) is 27.5 Å². The molecule has 5 rings (SSSR count). The minimum atomic E-state index is -2.92. The summed E-state index contributed by atoms with van der Waals surface area (Å²) in [5.74, 6) is 2.03. The fourth-order valence-corrected chi connectivity index (χ4v) is 9.52. The summed E-state index contributed by atoms with van der Waals surface area (Å²) in [5, 5.41) is 2.06. The summed E-state index contributed by atoms with van der Waals surface area (Å²) in [6.07, 6.45) is 0. The molecule has 5 nitrogen and oxygen atoms in total. The maximum absolute atomic E-state index is 13.4. The molecule has 4 aromatic rings. The van der Waals surface area contributed by atoms with E-state index in [-0.39, 0.29) is 24.2 Å². The molecule has 1 aliphatic heterocycles. The first kappa shape index (κ1) is 25.6. The van der Waals surface area contributed by atoms with Crippen molar-refractivity contribution in [2.24, 2.45) is 0 Å². The molecule has 194 valence electrons. The summed E-state index contributed by atoms with van der Waals surface area (Å²) in [6, 6.07) is 31.9. The van der Waals surface area contributed by atoms with Crippen molar-refractivity contribution < 1.29 is 23.4 Å². The summed E-state index contributed by atoms with van der Waals surface area (Å²) in [7, 11) is -2.92. The monoisotopic (exact) mass is 524 g/mol. The number of hydrogen-bond acceptors (Lipinski definition) is 5. The number of carbonyl (C=O) groups excluding carboxylic acids is 1. The first-order valence-electron chi connectivity index (χ1n) is 12.8. The summed E-state index contributed by atoms with van der Waals surface area (Å²) >= 11 is 0. The van der Waals surface area contributed by atoms with Gasteiger partial charge in [-0.05, 0) is 40.5 Å². The minimum absolute atomic E-state index is 0.0542. The highest BCUT2D eigenvalue weighted by atomic mass is 28.4. The van der Waals surface area contributed by atoms with E-state index in [1.165, 1.54) is 0 Å². The molecule has 1 heterocycles. The molecule has 0 fully saturated rings. The summed E-state index contributed by atoms with van der Waals surface area (Å²) in [5.41, 5.74) is 1.21. The topological polar surface area (TPSA) is 54.0 Å². The maximum Gasteiger partial charge on any atom is 0.319 e. The van der Waals surface area contributed by atoms with Crippen LogP contribution in [0.2, 0.25) is 5.04 Å². The molecule has 1 aliphatic rings. The van der Waals surface area contributed by atoms with Gasteiger partial charge in [-0.25, -0.2) is 0 Å². The highest BCUT2D eigenvalue weighted by Gasteiger charge is 2.52. The molecule has 0 bridgehead atoms. The number of carbonyl (C=O) groups is 1. The van der Waals surface area contributed by atoms with E-state index in [9.17, 15) is 4.79 Å². The number of hydrogen-bond donors (Lipinski definition) is 0. The van der Waals surface area contributed by atoms with Gasteiger partial charge in [-0.3, -0.25) is 4.79 Å². The normalized spacial score (nSPS) is 12.7. The fraction of sp³-hybridized carbons (Fsp3) is 0.219. The second-order valence-corrected chi connectivity index (χ2v) is 14.6. The van der Waals surface area contributed by atoms with Gasteiger partial charge < -0.3 is 18.6 Å².